The molecule has 0 spiro atoms. The van der Waals surface area contributed by atoms with Crippen molar-refractivity contribution in [1.82, 2.24) is 10.2 Å². The van der Waals surface area contributed by atoms with Gasteiger partial charge < -0.3 is 5.32 Å². The minimum Gasteiger partial charge on any atom is -0.314 e. The minimum absolute atomic E-state index is 0.895. The van der Waals surface area contributed by atoms with Gasteiger partial charge in [-0.2, -0.15) is 0 Å². The SMILES string of the molecule is C1CCCCCC(N2CCNCC2)CCCCC1. The lowest BCUT2D eigenvalue weighted by Gasteiger charge is -2.35. The maximum absolute atomic E-state index is 3.48. The molecule has 0 radical (unpaired) electrons. The Balaban J connectivity index is 1.76. The van der Waals surface area contributed by atoms with E-state index in [-0.39, 0.29) is 0 Å². The van der Waals surface area contributed by atoms with Gasteiger partial charge in [-0.05, 0) is 12.8 Å². The highest BCUT2D eigenvalue weighted by molar-refractivity contribution is 4.77. The zero-order valence-corrected chi connectivity index (χ0v) is 12.1. The van der Waals surface area contributed by atoms with E-state index in [1.807, 2.05) is 0 Å². The smallest absolute Gasteiger partial charge is 0.0110 e. The zero-order valence-electron chi connectivity index (χ0n) is 12.1. The Labute approximate surface area is 114 Å². The van der Waals surface area contributed by atoms with Crippen LogP contribution in [0.2, 0.25) is 0 Å². The third kappa shape index (κ3) is 5.27. The molecule has 0 amide bonds. The van der Waals surface area contributed by atoms with Crippen LogP contribution >= 0.6 is 0 Å². The molecule has 0 bridgehead atoms. The van der Waals surface area contributed by atoms with Crippen molar-refractivity contribution in [2.45, 2.75) is 76.7 Å². The first-order chi connectivity index (χ1) is 8.97. The van der Waals surface area contributed by atoms with Crippen LogP contribution in [0, 0.1) is 0 Å². The van der Waals surface area contributed by atoms with Crippen molar-refractivity contribution in [3.63, 3.8) is 0 Å². The van der Waals surface area contributed by atoms with Crippen molar-refractivity contribution in [2.24, 2.45) is 0 Å². The van der Waals surface area contributed by atoms with Crippen LogP contribution in [0.4, 0.5) is 0 Å². The predicted molar refractivity (Wildman–Crippen MR) is 79.0 cm³/mol. The fraction of sp³-hybridized carbons (Fsp3) is 1.00. The van der Waals surface area contributed by atoms with Gasteiger partial charge in [0.15, 0.2) is 0 Å². The molecule has 2 heteroatoms. The lowest BCUT2D eigenvalue weighted by atomic mass is 9.96. The molecule has 0 atom stereocenters. The van der Waals surface area contributed by atoms with Gasteiger partial charge >= 0.3 is 0 Å². The molecule has 18 heavy (non-hydrogen) atoms. The molecule has 1 heterocycles. The quantitative estimate of drug-likeness (QED) is 0.767. The van der Waals surface area contributed by atoms with Gasteiger partial charge in [0.2, 0.25) is 0 Å². The maximum Gasteiger partial charge on any atom is 0.0110 e. The summed E-state index contributed by atoms with van der Waals surface area (Å²) in [4.78, 5) is 2.77. The Hall–Kier alpha value is -0.0800. The highest BCUT2D eigenvalue weighted by atomic mass is 15.2. The first kappa shape index (κ1) is 14.3. The molecule has 0 aromatic rings. The summed E-state index contributed by atoms with van der Waals surface area (Å²) in [5.74, 6) is 0. The van der Waals surface area contributed by atoms with Gasteiger partial charge in [-0.1, -0.05) is 57.8 Å². The molecule has 1 saturated heterocycles. The van der Waals surface area contributed by atoms with Crippen molar-refractivity contribution in [3.05, 3.63) is 0 Å². The molecule has 0 unspecified atom stereocenters. The Morgan fingerprint density at radius 1 is 0.611 bits per heavy atom. The second-order valence-electron chi connectivity index (χ2n) is 6.20. The van der Waals surface area contributed by atoms with Gasteiger partial charge in [-0.15, -0.1) is 0 Å². The molecule has 0 aromatic carbocycles. The number of hydrogen-bond acceptors (Lipinski definition) is 2. The van der Waals surface area contributed by atoms with Crippen LogP contribution in [-0.2, 0) is 0 Å². The topological polar surface area (TPSA) is 15.3 Å². The predicted octanol–water partition coefficient (Wildman–Crippen LogP) is 3.56. The van der Waals surface area contributed by atoms with Gasteiger partial charge in [0.05, 0.1) is 0 Å². The van der Waals surface area contributed by atoms with Crippen LogP contribution in [0.1, 0.15) is 70.6 Å². The minimum atomic E-state index is 0.895. The fourth-order valence-corrected chi connectivity index (χ4v) is 3.55. The summed E-state index contributed by atoms with van der Waals surface area (Å²) in [7, 11) is 0. The molecule has 1 aliphatic heterocycles. The summed E-state index contributed by atoms with van der Waals surface area (Å²) in [6.07, 6.45) is 16.2. The van der Waals surface area contributed by atoms with Gasteiger partial charge in [-0.25, -0.2) is 0 Å². The van der Waals surface area contributed by atoms with E-state index < -0.39 is 0 Å². The molecule has 106 valence electrons. The molecule has 2 nitrogen and oxygen atoms in total. The average molecular weight is 252 g/mol. The number of hydrogen-bond donors (Lipinski definition) is 1. The molecule has 1 N–H and O–H groups in total. The Morgan fingerprint density at radius 3 is 1.56 bits per heavy atom. The Kier molecular flexibility index (Phi) is 7.11. The van der Waals surface area contributed by atoms with Gasteiger partial charge in [0.25, 0.3) is 0 Å². The summed E-state index contributed by atoms with van der Waals surface area (Å²) < 4.78 is 0. The third-order valence-corrected chi connectivity index (χ3v) is 4.74. The highest BCUT2D eigenvalue weighted by Crippen LogP contribution is 2.20. The first-order valence-electron chi connectivity index (χ1n) is 8.41. The summed E-state index contributed by atoms with van der Waals surface area (Å²) in [6.45, 7) is 4.97. The molecule has 0 aromatic heterocycles. The lowest BCUT2D eigenvalue weighted by molar-refractivity contribution is 0.151. The molecule has 1 saturated carbocycles. The second-order valence-corrected chi connectivity index (χ2v) is 6.20. The Morgan fingerprint density at radius 2 is 1.06 bits per heavy atom. The Bertz CT molecular complexity index is 187. The summed E-state index contributed by atoms with van der Waals surface area (Å²) >= 11 is 0. The van der Waals surface area contributed by atoms with Gasteiger partial charge in [-0.3, -0.25) is 4.90 Å². The molecular weight excluding hydrogens is 220 g/mol. The van der Waals surface area contributed by atoms with Crippen LogP contribution in [-0.4, -0.2) is 37.1 Å². The van der Waals surface area contributed by atoms with Crippen LogP contribution in [0.5, 0.6) is 0 Å². The number of nitrogens with one attached hydrogen (secondary N) is 1. The lowest BCUT2D eigenvalue weighted by Crippen LogP contribution is -2.48. The van der Waals surface area contributed by atoms with Crippen molar-refractivity contribution in [1.29, 1.82) is 0 Å². The van der Waals surface area contributed by atoms with Crippen LogP contribution in [0.3, 0.4) is 0 Å². The molecule has 2 rings (SSSR count). The average Bonchev–Trinajstić information content (AvgIpc) is 2.40. The standard InChI is InChI=1S/C16H32N2/c1-2-4-6-8-10-16(11-9-7-5-3-1)18-14-12-17-13-15-18/h16-17H,1-15H2. The molecular formula is C16H32N2. The van der Waals surface area contributed by atoms with E-state index in [9.17, 15) is 0 Å². The monoisotopic (exact) mass is 252 g/mol. The second kappa shape index (κ2) is 8.92. The fourth-order valence-electron chi connectivity index (χ4n) is 3.55. The summed E-state index contributed by atoms with van der Waals surface area (Å²) in [5.41, 5.74) is 0. The number of piperazine rings is 1. The van der Waals surface area contributed by atoms with E-state index in [0.717, 1.165) is 6.04 Å². The molecule has 2 fully saturated rings. The third-order valence-electron chi connectivity index (χ3n) is 4.74. The van der Waals surface area contributed by atoms with Crippen LogP contribution in [0.15, 0.2) is 0 Å². The van der Waals surface area contributed by atoms with E-state index in [2.05, 4.69) is 10.2 Å². The van der Waals surface area contributed by atoms with E-state index in [1.165, 1.54) is 96.8 Å². The first-order valence-corrected chi connectivity index (χ1v) is 8.41. The van der Waals surface area contributed by atoms with Crippen molar-refractivity contribution >= 4 is 0 Å². The largest absolute Gasteiger partial charge is 0.314 e. The normalized spacial score (nSPS) is 27.3. The van der Waals surface area contributed by atoms with E-state index >= 15 is 0 Å². The van der Waals surface area contributed by atoms with E-state index in [0.29, 0.717) is 0 Å². The molecule has 2 aliphatic rings. The zero-order chi connectivity index (χ0) is 12.5. The van der Waals surface area contributed by atoms with Crippen molar-refractivity contribution in [3.8, 4) is 0 Å². The van der Waals surface area contributed by atoms with Gasteiger partial charge in [0.1, 0.15) is 0 Å². The highest BCUT2D eigenvalue weighted by Gasteiger charge is 2.19. The summed E-state index contributed by atoms with van der Waals surface area (Å²) in [6, 6.07) is 0.895. The molecule has 1 aliphatic carbocycles. The van der Waals surface area contributed by atoms with Gasteiger partial charge in [0, 0.05) is 32.2 Å². The van der Waals surface area contributed by atoms with Crippen LogP contribution < -0.4 is 5.32 Å². The summed E-state index contributed by atoms with van der Waals surface area (Å²) in [5, 5.41) is 3.48. The maximum atomic E-state index is 3.48. The van der Waals surface area contributed by atoms with Crippen molar-refractivity contribution in [2.75, 3.05) is 26.2 Å². The van der Waals surface area contributed by atoms with Crippen LogP contribution in [0.25, 0.3) is 0 Å². The van der Waals surface area contributed by atoms with E-state index in [4.69, 9.17) is 0 Å². The number of nitrogens with zero attached hydrogens (tertiary/aromatic N) is 1. The number of rotatable bonds is 1. The van der Waals surface area contributed by atoms with Crippen molar-refractivity contribution < 1.29 is 0 Å². The van der Waals surface area contributed by atoms with E-state index in [1.54, 1.807) is 0 Å².